The summed E-state index contributed by atoms with van der Waals surface area (Å²) in [6, 6.07) is 74.6. The second-order valence-electron chi connectivity index (χ2n) is 15.6. The van der Waals surface area contributed by atoms with E-state index >= 15 is 0 Å². The first-order valence-electron chi connectivity index (χ1n) is 19.7. The van der Waals surface area contributed by atoms with Gasteiger partial charge in [-0.2, -0.15) is 0 Å². The van der Waals surface area contributed by atoms with Crippen molar-refractivity contribution in [2.45, 2.75) is 19.3 Å². The average Bonchev–Trinajstić information content (AvgIpc) is 3.50. The molecule has 0 atom stereocenters. The summed E-state index contributed by atoms with van der Waals surface area (Å²) < 4.78 is 0. The summed E-state index contributed by atoms with van der Waals surface area (Å²) in [5.74, 6) is 0. The van der Waals surface area contributed by atoms with E-state index in [2.05, 4.69) is 231 Å². The number of benzene rings is 9. The smallest absolute Gasteiger partial charge is 0.0464 e. The van der Waals surface area contributed by atoms with Crippen molar-refractivity contribution < 1.29 is 0 Å². The number of nitrogens with one attached hydrogen (secondary N) is 2. The van der Waals surface area contributed by atoms with Gasteiger partial charge >= 0.3 is 0 Å². The van der Waals surface area contributed by atoms with Gasteiger partial charge in [-0.15, -0.1) is 0 Å². The van der Waals surface area contributed by atoms with E-state index in [0.29, 0.717) is 0 Å². The van der Waals surface area contributed by atoms with Gasteiger partial charge in [0.15, 0.2) is 0 Å². The second-order valence-corrected chi connectivity index (χ2v) is 15.6. The fourth-order valence-corrected chi connectivity index (χ4v) is 8.62. The topological polar surface area (TPSA) is 24.1 Å². The second kappa shape index (κ2) is 14.2. The van der Waals surface area contributed by atoms with Gasteiger partial charge in [-0.25, -0.2) is 0 Å². The molecule has 1 aliphatic rings. The number of rotatable bonds is 8. The molecule has 2 heteroatoms. The zero-order valence-electron chi connectivity index (χ0n) is 32.1. The van der Waals surface area contributed by atoms with Gasteiger partial charge in [0.2, 0.25) is 0 Å². The summed E-state index contributed by atoms with van der Waals surface area (Å²) >= 11 is 0. The molecular weight excluding hydrogens is 689 g/mol. The highest BCUT2D eigenvalue weighted by Crippen LogP contribution is 2.50. The number of hydrogen-bond acceptors (Lipinski definition) is 2. The van der Waals surface area contributed by atoms with Gasteiger partial charge in [0.05, 0.1) is 0 Å². The molecular formula is C55H42N2. The number of fused-ring (bicyclic) bond motifs is 4. The van der Waals surface area contributed by atoms with Gasteiger partial charge < -0.3 is 10.6 Å². The van der Waals surface area contributed by atoms with Crippen LogP contribution in [0, 0.1) is 0 Å². The van der Waals surface area contributed by atoms with E-state index in [1.54, 1.807) is 0 Å². The van der Waals surface area contributed by atoms with Gasteiger partial charge in [-0.05, 0) is 121 Å². The highest BCUT2D eigenvalue weighted by Gasteiger charge is 2.35. The highest BCUT2D eigenvalue weighted by molar-refractivity contribution is 5.93. The van der Waals surface area contributed by atoms with Crippen molar-refractivity contribution >= 4 is 33.5 Å². The Morgan fingerprint density at radius 1 is 0.298 bits per heavy atom. The first kappa shape index (κ1) is 34.3. The third kappa shape index (κ3) is 6.46. The number of anilines is 4. The molecule has 0 radical (unpaired) electrons. The van der Waals surface area contributed by atoms with Crippen LogP contribution >= 0.6 is 0 Å². The average molecular weight is 731 g/mol. The van der Waals surface area contributed by atoms with E-state index < -0.39 is 0 Å². The molecule has 10 rings (SSSR count). The SMILES string of the molecule is CC1(C)c2ccccc2-c2ccc(-c3cc(-c4ccc(Nc5cccc(-c6ccccc6)c5)c(-c5ccccc5)c4)ccc3Nc3ccc4ccccc4c3)cc21. The molecule has 0 spiro atoms. The van der Waals surface area contributed by atoms with Crippen LogP contribution in [0.4, 0.5) is 22.7 Å². The Balaban J connectivity index is 1.08. The minimum Gasteiger partial charge on any atom is -0.355 e. The third-order valence-electron chi connectivity index (χ3n) is 11.6. The van der Waals surface area contributed by atoms with E-state index in [1.165, 1.54) is 49.7 Å². The number of hydrogen-bond donors (Lipinski definition) is 2. The third-order valence-corrected chi connectivity index (χ3v) is 11.6. The lowest BCUT2D eigenvalue weighted by molar-refractivity contribution is 0.660. The fourth-order valence-electron chi connectivity index (χ4n) is 8.62. The van der Waals surface area contributed by atoms with Crippen LogP contribution in [0.1, 0.15) is 25.0 Å². The highest BCUT2D eigenvalue weighted by atomic mass is 14.9. The predicted molar refractivity (Wildman–Crippen MR) is 243 cm³/mol. The summed E-state index contributed by atoms with van der Waals surface area (Å²) in [4.78, 5) is 0. The van der Waals surface area contributed by atoms with Crippen LogP contribution in [0.15, 0.2) is 206 Å². The van der Waals surface area contributed by atoms with Gasteiger partial charge in [0, 0.05) is 39.3 Å². The molecule has 0 amide bonds. The summed E-state index contributed by atoms with van der Waals surface area (Å²) in [5, 5.41) is 10.0. The van der Waals surface area contributed by atoms with Gasteiger partial charge in [-0.3, -0.25) is 0 Å². The van der Waals surface area contributed by atoms with Crippen molar-refractivity contribution in [1.29, 1.82) is 0 Å². The summed E-state index contributed by atoms with van der Waals surface area (Å²) in [6.07, 6.45) is 0. The lowest BCUT2D eigenvalue weighted by Crippen LogP contribution is -2.14. The van der Waals surface area contributed by atoms with Crippen LogP contribution in [0.2, 0.25) is 0 Å². The van der Waals surface area contributed by atoms with Crippen LogP contribution in [0.5, 0.6) is 0 Å². The van der Waals surface area contributed by atoms with Crippen molar-refractivity contribution in [3.63, 3.8) is 0 Å². The van der Waals surface area contributed by atoms with Crippen LogP contribution < -0.4 is 10.6 Å². The van der Waals surface area contributed by atoms with E-state index in [0.717, 1.165) is 50.6 Å². The monoisotopic (exact) mass is 730 g/mol. The van der Waals surface area contributed by atoms with Crippen LogP contribution in [-0.4, -0.2) is 0 Å². The van der Waals surface area contributed by atoms with Crippen molar-refractivity contribution in [1.82, 2.24) is 0 Å². The molecule has 57 heavy (non-hydrogen) atoms. The minimum atomic E-state index is -0.0977. The van der Waals surface area contributed by atoms with E-state index in [4.69, 9.17) is 0 Å². The van der Waals surface area contributed by atoms with E-state index in [9.17, 15) is 0 Å². The maximum Gasteiger partial charge on any atom is 0.0464 e. The maximum absolute atomic E-state index is 3.83. The Kier molecular flexibility index (Phi) is 8.53. The molecule has 2 nitrogen and oxygen atoms in total. The standard InChI is InChI=1S/C55H42N2/c1-55(2)51-23-12-11-22-47(51)48-29-25-44(36-52(48)55)50-35-43(27-31-54(50)57-46-28-24-38-16-9-10-19-40(38)33-46)42-26-30-53(49(34-42)39-17-7-4-8-18-39)56-45-21-13-20-41(32-45)37-14-5-3-6-15-37/h3-36,56-57H,1-2H3. The minimum absolute atomic E-state index is 0.0977. The Morgan fingerprint density at radius 2 is 0.842 bits per heavy atom. The molecule has 1 aliphatic carbocycles. The van der Waals surface area contributed by atoms with Gasteiger partial charge in [-0.1, -0.05) is 166 Å². The first-order chi connectivity index (χ1) is 28.0. The molecule has 0 aliphatic heterocycles. The van der Waals surface area contributed by atoms with Gasteiger partial charge in [0.1, 0.15) is 0 Å². The molecule has 0 saturated heterocycles. The molecule has 0 heterocycles. The quantitative estimate of drug-likeness (QED) is 0.163. The maximum atomic E-state index is 3.83. The van der Waals surface area contributed by atoms with Gasteiger partial charge in [0.25, 0.3) is 0 Å². The Labute approximate surface area is 335 Å². The molecule has 0 bridgehead atoms. The summed E-state index contributed by atoms with van der Waals surface area (Å²) in [5.41, 5.74) is 18.9. The Hall–Kier alpha value is -7.16. The first-order valence-corrected chi connectivity index (χ1v) is 19.7. The molecule has 9 aromatic rings. The predicted octanol–water partition coefficient (Wildman–Crippen LogP) is 15.3. The molecule has 0 unspecified atom stereocenters. The fraction of sp³-hybridized carbons (Fsp3) is 0.0545. The van der Waals surface area contributed by atoms with E-state index in [-0.39, 0.29) is 5.41 Å². The molecule has 0 fully saturated rings. The molecule has 0 saturated carbocycles. The lowest BCUT2D eigenvalue weighted by atomic mass is 9.81. The molecule has 0 aromatic heterocycles. The zero-order valence-corrected chi connectivity index (χ0v) is 32.1. The summed E-state index contributed by atoms with van der Waals surface area (Å²) in [6.45, 7) is 4.70. The van der Waals surface area contributed by atoms with Crippen molar-refractivity contribution in [2.75, 3.05) is 10.6 Å². The van der Waals surface area contributed by atoms with Crippen molar-refractivity contribution in [3.8, 4) is 55.6 Å². The molecule has 2 N–H and O–H groups in total. The van der Waals surface area contributed by atoms with Crippen LogP contribution in [-0.2, 0) is 5.41 Å². The Bertz CT molecular complexity index is 2920. The van der Waals surface area contributed by atoms with Crippen molar-refractivity contribution in [2.24, 2.45) is 0 Å². The van der Waals surface area contributed by atoms with Crippen LogP contribution in [0.3, 0.4) is 0 Å². The Morgan fingerprint density at radius 3 is 1.58 bits per heavy atom. The van der Waals surface area contributed by atoms with Crippen molar-refractivity contribution in [3.05, 3.63) is 217 Å². The van der Waals surface area contributed by atoms with Crippen LogP contribution in [0.25, 0.3) is 66.4 Å². The summed E-state index contributed by atoms with van der Waals surface area (Å²) in [7, 11) is 0. The molecule has 9 aromatic carbocycles. The normalized spacial score (nSPS) is 12.5. The largest absolute Gasteiger partial charge is 0.355 e. The molecule has 272 valence electrons. The lowest BCUT2D eigenvalue weighted by Gasteiger charge is -2.22. The van der Waals surface area contributed by atoms with E-state index in [1.807, 2.05) is 0 Å². The zero-order chi connectivity index (χ0) is 38.3.